The number of halogens is 1. The predicted octanol–water partition coefficient (Wildman–Crippen LogP) is 1.73. The molecule has 0 aliphatic rings. The van der Waals surface area contributed by atoms with Gasteiger partial charge in [0, 0.05) is 24.9 Å². The Morgan fingerprint density at radius 1 is 0.978 bits per heavy atom. The molecule has 0 radical (unpaired) electrons. The fourth-order valence-electron chi connectivity index (χ4n) is 4.59. The van der Waals surface area contributed by atoms with E-state index < -0.39 is 78.5 Å². The van der Waals surface area contributed by atoms with Crippen LogP contribution in [0.1, 0.15) is 53.0 Å². The number of nitrogens with one attached hydrogen (secondary N) is 4. The van der Waals surface area contributed by atoms with Gasteiger partial charge in [0.25, 0.3) is 11.5 Å². The van der Waals surface area contributed by atoms with Crippen molar-refractivity contribution in [2.75, 3.05) is 5.32 Å². The van der Waals surface area contributed by atoms with E-state index in [0.29, 0.717) is 16.7 Å². The minimum Gasteiger partial charge on any atom is -0.481 e. The minimum absolute atomic E-state index is 0.230. The SMILES string of the molecule is C#CC(Cc1cc2c(=O)[nH]c(C)nc2cc1C)Nc1ccc(C(=O)N[C@@H](CCC(=O)N[C@H](CCC(=O)O)C(=O)O)C(=O)O)c(F)c1. The Kier molecular flexibility index (Phi) is 11.5. The fourth-order valence-corrected chi connectivity index (χ4v) is 4.59. The van der Waals surface area contributed by atoms with Crippen LogP contribution in [-0.4, -0.2) is 73.1 Å². The third kappa shape index (κ3) is 9.36. The summed E-state index contributed by atoms with van der Waals surface area (Å²) in [5.41, 5.74) is 1.60. The second-order valence-electron chi connectivity index (χ2n) is 10.5. The van der Waals surface area contributed by atoms with Crippen molar-refractivity contribution in [3.05, 3.63) is 69.0 Å². The molecule has 242 valence electrons. The lowest BCUT2D eigenvalue weighted by atomic mass is 9.99. The van der Waals surface area contributed by atoms with E-state index in [-0.39, 0.29) is 24.1 Å². The predicted molar refractivity (Wildman–Crippen MR) is 163 cm³/mol. The maximum absolute atomic E-state index is 15.0. The third-order valence-electron chi connectivity index (χ3n) is 7.00. The number of aromatic amines is 1. The number of carboxylic acid groups (broad SMARTS) is 3. The van der Waals surface area contributed by atoms with E-state index in [9.17, 15) is 33.9 Å². The summed E-state index contributed by atoms with van der Waals surface area (Å²) in [6, 6.07) is 3.22. The number of fused-ring (bicyclic) bond motifs is 1. The standard InChI is InChI=1S/C31H32FN5O9/c1-4-18(12-17-13-21-25(11-15(17)2)33-16(3)34-29(21)42)35-19-5-6-20(22(32)14-19)28(41)37-24(31(45)46)7-9-26(38)36-23(30(43)44)8-10-27(39)40/h1,5-6,11,13-14,18,23-24,35H,7-10,12H2,2-3H3,(H,36,38)(H,37,41)(H,39,40)(H,43,44)(H,45,46)(H,33,34,42)/t18?,23-,24+/m1/s1. The molecule has 7 N–H and O–H groups in total. The maximum Gasteiger partial charge on any atom is 0.326 e. The average molecular weight is 638 g/mol. The van der Waals surface area contributed by atoms with Gasteiger partial charge in [0.05, 0.1) is 22.5 Å². The van der Waals surface area contributed by atoms with E-state index in [1.807, 2.05) is 6.92 Å². The van der Waals surface area contributed by atoms with Gasteiger partial charge < -0.3 is 36.3 Å². The molecule has 3 aromatic rings. The maximum atomic E-state index is 15.0. The number of carbonyl (C=O) groups is 5. The lowest BCUT2D eigenvalue weighted by molar-refractivity contribution is -0.143. The molecule has 0 bridgehead atoms. The number of amides is 2. The van der Waals surface area contributed by atoms with Crippen LogP contribution < -0.4 is 21.5 Å². The van der Waals surface area contributed by atoms with E-state index in [0.717, 1.165) is 23.3 Å². The number of nitrogens with zero attached hydrogens (tertiary/aromatic N) is 1. The van der Waals surface area contributed by atoms with Gasteiger partial charge >= 0.3 is 17.9 Å². The van der Waals surface area contributed by atoms with Crippen molar-refractivity contribution in [1.29, 1.82) is 0 Å². The molecule has 14 nitrogen and oxygen atoms in total. The summed E-state index contributed by atoms with van der Waals surface area (Å²) in [5, 5.41) is 35.0. The van der Waals surface area contributed by atoms with Crippen LogP contribution in [0.4, 0.5) is 10.1 Å². The Bertz CT molecular complexity index is 1780. The second kappa shape index (κ2) is 15.3. The van der Waals surface area contributed by atoms with Crippen LogP contribution in [0.3, 0.4) is 0 Å². The Balaban J connectivity index is 1.64. The van der Waals surface area contributed by atoms with E-state index in [1.165, 1.54) is 6.07 Å². The van der Waals surface area contributed by atoms with Crippen LogP contribution >= 0.6 is 0 Å². The molecule has 2 aromatic carbocycles. The molecule has 1 heterocycles. The first-order valence-electron chi connectivity index (χ1n) is 14.0. The highest BCUT2D eigenvalue weighted by Crippen LogP contribution is 2.20. The number of rotatable bonds is 15. The molecule has 1 aromatic heterocycles. The van der Waals surface area contributed by atoms with Gasteiger partial charge in [-0.25, -0.2) is 19.0 Å². The molecule has 3 rings (SSSR count). The third-order valence-corrected chi connectivity index (χ3v) is 7.00. The van der Waals surface area contributed by atoms with Crippen LogP contribution in [0.25, 0.3) is 10.9 Å². The van der Waals surface area contributed by atoms with Crippen molar-refractivity contribution in [3.63, 3.8) is 0 Å². The van der Waals surface area contributed by atoms with Gasteiger partial charge in [-0.1, -0.05) is 5.92 Å². The zero-order valence-corrected chi connectivity index (χ0v) is 24.8. The van der Waals surface area contributed by atoms with Gasteiger partial charge in [-0.05, 0) is 68.1 Å². The normalized spacial score (nSPS) is 12.7. The summed E-state index contributed by atoms with van der Waals surface area (Å²) in [4.78, 5) is 78.0. The molecular weight excluding hydrogens is 605 g/mol. The largest absolute Gasteiger partial charge is 0.481 e. The van der Waals surface area contributed by atoms with Crippen molar-refractivity contribution in [1.82, 2.24) is 20.6 Å². The summed E-state index contributed by atoms with van der Waals surface area (Å²) in [7, 11) is 0. The first-order valence-corrected chi connectivity index (χ1v) is 14.0. The molecule has 0 fully saturated rings. The first-order chi connectivity index (χ1) is 21.7. The van der Waals surface area contributed by atoms with Crippen LogP contribution in [0.15, 0.2) is 35.1 Å². The molecule has 3 atom stereocenters. The van der Waals surface area contributed by atoms with E-state index in [4.69, 9.17) is 16.6 Å². The molecular formula is C31H32FN5O9. The average Bonchev–Trinajstić information content (AvgIpc) is 2.97. The number of carbonyl (C=O) groups excluding carboxylic acids is 2. The molecule has 2 amide bonds. The molecule has 0 saturated carbocycles. The number of H-pyrrole nitrogens is 1. The number of hydrogen-bond acceptors (Lipinski definition) is 8. The zero-order valence-electron chi connectivity index (χ0n) is 24.8. The van der Waals surface area contributed by atoms with Crippen LogP contribution in [-0.2, 0) is 25.6 Å². The van der Waals surface area contributed by atoms with E-state index >= 15 is 4.39 Å². The summed E-state index contributed by atoms with van der Waals surface area (Å²) >= 11 is 0. The van der Waals surface area contributed by atoms with Crippen molar-refractivity contribution < 1.29 is 43.7 Å². The first kappa shape index (κ1) is 34.7. The van der Waals surface area contributed by atoms with Crippen LogP contribution in [0, 0.1) is 32.0 Å². The van der Waals surface area contributed by atoms with Gasteiger partial charge in [-0.3, -0.25) is 19.2 Å². The Labute approximate surface area is 261 Å². The molecule has 0 spiro atoms. The van der Waals surface area contributed by atoms with Crippen molar-refractivity contribution >= 4 is 46.3 Å². The molecule has 0 aliphatic carbocycles. The van der Waals surface area contributed by atoms with E-state index in [2.05, 4.69) is 31.8 Å². The summed E-state index contributed by atoms with van der Waals surface area (Å²) in [6.07, 6.45) is 4.10. The van der Waals surface area contributed by atoms with Crippen molar-refractivity contribution in [2.24, 2.45) is 0 Å². The summed E-state index contributed by atoms with van der Waals surface area (Å²) in [5.74, 6) is -4.12. The number of aromatic nitrogens is 2. The lowest BCUT2D eigenvalue weighted by Gasteiger charge is -2.18. The van der Waals surface area contributed by atoms with Crippen molar-refractivity contribution in [3.8, 4) is 12.3 Å². The summed E-state index contributed by atoms with van der Waals surface area (Å²) < 4.78 is 15.0. The Morgan fingerprint density at radius 3 is 2.24 bits per heavy atom. The van der Waals surface area contributed by atoms with Crippen molar-refractivity contribution in [2.45, 2.75) is 64.1 Å². The highest BCUT2D eigenvalue weighted by molar-refractivity contribution is 5.97. The lowest BCUT2D eigenvalue weighted by Crippen LogP contribution is -2.44. The number of benzene rings is 2. The summed E-state index contributed by atoms with van der Waals surface area (Å²) in [6.45, 7) is 3.53. The number of hydrogen-bond donors (Lipinski definition) is 7. The highest BCUT2D eigenvalue weighted by Gasteiger charge is 2.26. The number of aliphatic carboxylic acids is 3. The smallest absolute Gasteiger partial charge is 0.326 e. The topological polar surface area (TPSA) is 228 Å². The van der Waals surface area contributed by atoms with Gasteiger partial charge in [-0.15, -0.1) is 6.42 Å². The number of carboxylic acids is 3. The van der Waals surface area contributed by atoms with Crippen LogP contribution in [0.2, 0.25) is 0 Å². The Morgan fingerprint density at radius 2 is 1.63 bits per heavy atom. The second-order valence-corrected chi connectivity index (χ2v) is 10.5. The molecule has 0 saturated heterocycles. The number of aryl methyl sites for hydroxylation is 2. The minimum atomic E-state index is -1.62. The van der Waals surface area contributed by atoms with E-state index in [1.54, 1.807) is 19.1 Å². The van der Waals surface area contributed by atoms with Gasteiger partial charge in [0.2, 0.25) is 5.91 Å². The zero-order chi connectivity index (χ0) is 34.1. The molecule has 0 aliphatic heterocycles. The number of anilines is 1. The highest BCUT2D eigenvalue weighted by atomic mass is 19.1. The van der Waals surface area contributed by atoms with Gasteiger partial charge in [-0.2, -0.15) is 0 Å². The fraction of sp³-hybridized carbons (Fsp3) is 0.323. The number of terminal acetylenes is 1. The van der Waals surface area contributed by atoms with Gasteiger partial charge in [0.1, 0.15) is 23.7 Å². The van der Waals surface area contributed by atoms with Crippen LogP contribution in [0.5, 0.6) is 0 Å². The van der Waals surface area contributed by atoms with Gasteiger partial charge in [0.15, 0.2) is 0 Å². The Hall–Kier alpha value is -5.78. The quantitative estimate of drug-likeness (QED) is 0.119. The monoisotopic (exact) mass is 637 g/mol. The molecule has 46 heavy (non-hydrogen) atoms. The molecule has 15 heteroatoms. The molecule has 1 unspecified atom stereocenters.